The third-order valence-electron chi connectivity index (χ3n) is 5.28. The molecule has 0 amide bonds. The van der Waals surface area contributed by atoms with Crippen molar-refractivity contribution in [2.45, 2.75) is 12.1 Å². The van der Waals surface area contributed by atoms with Gasteiger partial charge in [0.15, 0.2) is 5.72 Å². The first-order valence-corrected chi connectivity index (χ1v) is 9.20. The molecule has 0 saturated carbocycles. The lowest BCUT2D eigenvalue weighted by Crippen LogP contribution is -2.53. The molecule has 2 heterocycles. The second-order valence-electron chi connectivity index (χ2n) is 6.95. The molecule has 1 atom stereocenters. The van der Waals surface area contributed by atoms with E-state index in [1.54, 1.807) is 0 Å². The minimum absolute atomic E-state index is 0.543. The second-order valence-corrected chi connectivity index (χ2v) is 6.95. The second kappa shape index (κ2) is 6.25. The van der Waals surface area contributed by atoms with Crippen LogP contribution < -0.4 is 4.74 Å². The molecule has 0 aromatic heterocycles. The Morgan fingerprint density at radius 1 is 0.852 bits per heavy atom. The molecule has 3 aromatic rings. The van der Waals surface area contributed by atoms with Gasteiger partial charge in [-0.2, -0.15) is 0 Å². The number of benzene rings is 3. The van der Waals surface area contributed by atoms with Crippen LogP contribution in [0.3, 0.4) is 0 Å². The average Bonchev–Trinajstić information content (AvgIpc) is 3.21. The Kier molecular flexibility index (Phi) is 3.73. The van der Waals surface area contributed by atoms with Gasteiger partial charge in [0.05, 0.1) is 6.54 Å². The number of fused-ring (bicyclic) bond motifs is 3. The van der Waals surface area contributed by atoms with Crippen molar-refractivity contribution in [3.63, 3.8) is 0 Å². The number of rotatable bonds is 3. The van der Waals surface area contributed by atoms with Crippen LogP contribution >= 0.6 is 0 Å². The van der Waals surface area contributed by atoms with E-state index in [0.29, 0.717) is 13.0 Å². The van der Waals surface area contributed by atoms with Crippen LogP contribution in [0.5, 0.6) is 11.5 Å². The first-order valence-electron chi connectivity index (χ1n) is 9.20. The van der Waals surface area contributed by atoms with E-state index in [-0.39, 0.29) is 0 Å². The Morgan fingerprint density at radius 3 is 2.37 bits per heavy atom. The van der Waals surface area contributed by atoms with Crippen molar-refractivity contribution < 1.29 is 9.84 Å². The minimum Gasteiger partial charge on any atom is -0.457 e. The van der Waals surface area contributed by atoms with E-state index in [0.717, 1.165) is 40.6 Å². The molecule has 5 rings (SSSR count). The van der Waals surface area contributed by atoms with Crippen molar-refractivity contribution in [3.8, 4) is 11.5 Å². The monoisotopic (exact) mass is 356 g/mol. The number of ether oxygens (including phenoxy) is 1. The molecule has 1 N–H and O–H groups in total. The summed E-state index contributed by atoms with van der Waals surface area (Å²) < 4.78 is 5.88. The minimum atomic E-state index is -1.09. The highest BCUT2D eigenvalue weighted by molar-refractivity contribution is 6.02. The van der Waals surface area contributed by atoms with Crippen molar-refractivity contribution in [2.75, 3.05) is 13.1 Å². The van der Waals surface area contributed by atoms with E-state index in [2.05, 4.69) is 17.1 Å². The van der Waals surface area contributed by atoms with E-state index in [4.69, 9.17) is 4.74 Å². The van der Waals surface area contributed by atoms with E-state index >= 15 is 0 Å². The van der Waals surface area contributed by atoms with Gasteiger partial charge in [0.2, 0.25) is 0 Å². The number of aliphatic imine (C=N–C) groups is 1. The van der Waals surface area contributed by atoms with Crippen LogP contribution in [0.2, 0.25) is 0 Å². The molecule has 0 saturated heterocycles. The SMILES string of the molecule is OC1(c2ccc(Oc3ccccc3)cc2)Cc2ccccc2C2=NCCN21. The summed E-state index contributed by atoms with van der Waals surface area (Å²) in [6, 6.07) is 25.6. The molecule has 3 aromatic carbocycles. The molecule has 1 unspecified atom stereocenters. The predicted octanol–water partition coefficient (Wildman–Crippen LogP) is 3.94. The third-order valence-corrected chi connectivity index (χ3v) is 5.28. The standard InChI is InChI=1S/C23H20N2O2/c26-23(16-17-6-4-5-9-21(17)22-24-14-15-25(22)23)18-10-12-20(13-11-18)27-19-7-2-1-3-8-19/h1-13,26H,14-16H2. The fourth-order valence-corrected chi connectivity index (χ4v) is 3.96. The highest BCUT2D eigenvalue weighted by Crippen LogP contribution is 2.39. The van der Waals surface area contributed by atoms with Crippen LogP contribution in [0.15, 0.2) is 83.9 Å². The molecule has 0 spiro atoms. The third kappa shape index (κ3) is 2.69. The van der Waals surface area contributed by atoms with Crippen LogP contribution in [0.25, 0.3) is 0 Å². The maximum Gasteiger partial charge on any atom is 0.169 e. The largest absolute Gasteiger partial charge is 0.457 e. The first kappa shape index (κ1) is 16.1. The Labute approximate surface area is 158 Å². The van der Waals surface area contributed by atoms with Crippen molar-refractivity contribution in [1.82, 2.24) is 4.90 Å². The zero-order valence-electron chi connectivity index (χ0n) is 14.9. The summed E-state index contributed by atoms with van der Waals surface area (Å²) in [5.41, 5.74) is 2.02. The van der Waals surface area contributed by atoms with Crippen LogP contribution in [-0.2, 0) is 12.1 Å². The molecule has 4 heteroatoms. The molecule has 134 valence electrons. The van der Waals surface area contributed by atoms with Crippen LogP contribution in [0.4, 0.5) is 0 Å². The topological polar surface area (TPSA) is 45.1 Å². The van der Waals surface area contributed by atoms with E-state index in [9.17, 15) is 5.11 Å². The van der Waals surface area contributed by atoms with E-state index in [1.165, 1.54) is 0 Å². The van der Waals surface area contributed by atoms with Gasteiger partial charge in [-0.1, -0.05) is 54.6 Å². The van der Waals surface area contributed by atoms with Crippen molar-refractivity contribution in [1.29, 1.82) is 0 Å². The summed E-state index contributed by atoms with van der Waals surface area (Å²) in [6.07, 6.45) is 0.543. The zero-order chi connectivity index (χ0) is 18.3. The molecule has 0 fully saturated rings. The summed E-state index contributed by atoms with van der Waals surface area (Å²) in [5.74, 6) is 2.44. The predicted molar refractivity (Wildman–Crippen MR) is 105 cm³/mol. The van der Waals surface area contributed by atoms with Gasteiger partial charge in [-0.15, -0.1) is 0 Å². The first-order chi connectivity index (χ1) is 13.2. The smallest absolute Gasteiger partial charge is 0.169 e. The summed E-state index contributed by atoms with van der Waals surface area (Å²) in [7, 11) is 0. The fraction of sp³-hybridized carbons (Fsp3) is 0.174. The molecule has 4 nitrogen and oxygen atoms in total. The number of aliphatic hydroxyl groups is 1. The molecular weight excluding hydrogens is 336 g/mol. The fourth-order valence-electron chi connectivity index (χ4n) is 3.96. The number of para-hydroxylation sites is 1. The molecule has 0 radical (unpaired) electrons. The van der Waals surface area contributed by atoms with Gasteiger partial charge in [0.1, 0.15) is 17.3 Å². The highest BCUT2D eigenvalue weighted by atomic mass is 16.5. The average molecular weight is 356 g/mol. The van der Waals surface area contributed by atoms with Crippen molar-refractivity contribution in [3.05, 3.63) is 95.6 Å². The van der Waals surface area contributed by atoms with Crippen LogP contribution in [0, 0.1) is 0 Å². The Bertz CT molecular complexity index is 998. The zero-order valence-corrected chi connectivity index (χ0v) is 14.9. The summed E-state index contributed by atoms with van der Waals surface area (Å²) in [4.78, 5) is 6.68. The molecule has 2 aliphatic heterocycles. The molecular formula is C23H20N2O2. The maximum absolute atomic E-state index is 11.6. The van der Waals surface area contributed by atoms with Crippen LogP contribution in [-0.4, -0.2) is 28.9 Å². The molecule has 27 heavy (non-hydrogen) atoms. The quantitative estimate of drug-likeness (QED) is 0.773. The van der Waals surface area contributed by atoms with Crippen molar-refractivity contribution >= 4 is 5.84 Å². The molecule has 0 aliphatic carbocycles. The van der Waals surface area contributed by atoms with Gasteiger partial charge in [0, 0.05) is 24.1 Å². The maximum atomic E-state index is 11.6. The number of hydrogen-bond donors (Lipinski definition) is 1. The lowest BCUT2D eigenvalue weighted by molar-refractivity contribution is -0.0745. The Morgan fingerprint density at radius 2 is 1.56 bits per heavy atom. The van der Waals surface area contributed by atoms with Gasteiger partial charge >= 0.3 is 0 Å². The Hall–Kier alpha value is -3.11. The van der Waals surface area contributed by atoms with Crippen molar-refractivity contribution in [2.24, 2.45) is 4.99 Å². The van der Waals surface area contributed by atoms with Gasteiger partial charge in [-0.05, 0) is 29.8 Å². The van der Waals surface area contributed by atoms with E-state index < -0.39 is 5.72 Å². The van der Waals surface area contributed by atoms with Gasteiger partial charge in [0.25, 0.3) is 0 Å². The summed E-state index contributed by atoms with van der Waals surface area (Å²) >= 11 is 0. The highest BCUT2D eigenvalue weighted by Gasteiger charge is 2.44. The van der Waals surface area contributed by atoms with E-state index in [1.807, 2.05) is 71.6 Å². The number of hydrogen-bond acceptors (Lipinski definition) is 4. The lowest BCUT2D eigenvalue weighted by atomic mass is 9.86. The van der Waals surface area contributed by atoms with Gasteiger partial charge in [-0.25, -0.2) is 0 Å². The molecule has 0 bridgehead atoms. The van der Waals surface area contributed by atoms with Gasteiger partial charge in [-0.3, -0.25) is 4.99 Å². The van der Waals surface area contributed by atoms with Gasteiger partial charge < -0.3 is 14.7 Å². The summed E-state index contributed by atoms with van der Waals surface area (Å²) in [6.45, 7) is 1.43. The summed E-state index contributed by atoms with van der Waals surface area (Å²) in [5, 5.41) is 11.6. The number of amidine groups is 1. The normalized spacial score (nSPS) is 20.6. The Balaban J connectivity index is 1.48. The lowest BCUT2D eigenvalue weighted by Gasteiger charge is -2.43. The van der Waals surface area contributed by atoms with Crippen LogP contribution in [0.1, 0.15) is 16.7 Å². The molecule has 2 aliphatic rings. The number of nitrogens with zero attached hydrogens (tertiary/aromatic N) is 2.